The van der Waals surface area contributed by atoms with Gasteiger partial charge in [-0.2, -0.15) is 0 Å². The van der Waals surface area contributed by atoms with E-state index in [-0.39, 0.29) is 11.4 Å². The lowest BCUT2D eigenvalue weighted by atomic mass is 10.1. The van der Waals surface area contributed by atoms with Gasteiger partial charge in [0.25, 0.3) is 0 Å². The number of nitro benzene ring substituents is 1. The van der Waals surface area contributed by atoms with Crippen LogP contribution in [0.15, 0.2) is 40.9 Å². The number of aryl methyl sites for hydroxylation is 1. The molecule has 0 aromatic heterocycles. The summed E-state index contributed by atoms with van der Waals surface area (Å²) in [6.45, 7) is 2.51. The van der Waals surface area contributed by atoms with Crippen molar-refractivity contribution in [2.75, 3.05) is 12.4 Å². The molecule has 6 heteroatoms. The molecule has 21 heavy (non-hydrogen) atoms. The van der Waals surface area contributed by atoms with Gasteiger partial charge in [-0.1, -0.05) is 22.0 Å². The van der Waals surface area contributed by atoms with E-state index in [0.717, 1.165) is 21.3 Å². The maximum absolute atomic E-state index is 11.0. The summed E-state index contributed by atoms with van der Waals surface area (Å²) >= 11 is 3.45. The van der Waals surface area contributed by atoms with Crippen molar-refractivity contribution < 1.29 is 9.66 Å². The topological polar surface area (TPSA) is 64.4 Å². The summed E-state index contributed by atoms with van der Waals surface area (Å²) in [7, 11) is 1.42. The number of benzene rings is 2. The summed E-state index contributed by atoms with van der Waals surface area (Å²) in [5.41, 5.74) is 2.89. The van der Waals surface area contributed by atoms with Crippen LogP contribution in [0.5, 0.6) is 5.75 Å². The van der Waals surface area contributed by atoms with Crippen molar-refractivity contribution in [3.8, 4) is 5.75 Å². The summed E-state index contributed by atoms with van der Waals surface area (Å²) in [5.74, 6) is 0.267. The first-order chi connectivity index (χ1) is 10.0. The highest BCUT2D eigenvalue weighted by Gasteiger charge is 2.14. The average molecular weight is 351 g/mol. The third-order valence-corrected chi connectivity index (χ3v) is 3.98. The number of nitrogens with zero attached hydrogens (tertiary/aromatic N) is 1. The summed E-state index contributed by atoms with van der Waals surface area (Å²) in [5, 5.41) is 14.2. The molecule has 0 fully saturated rings. The quantitative estimate of drug-likeness (QED) is 0.645. The highest BCUT2D eigenvalue weighted by molar-refractivity contribution is 9.10. The molecular weight excluding hydrogens is 336 g/mol. The van der Waals surface area contributed by atoms with Gasteiger partial charge in [-0.3, -0.25) is 10.1 Å². The van der Waals surface area contributed by atoms with Crippen molar-refractivity contribution in [1.82, 2.24) is 0 Å². The Kier molecular flexibility index (Phi) is 4.80. The molecule has 2 aromatic carbocycles. The highest BCUT2D eigenvalue weighted by atomic mass is 79.9. The molecule has 2 rings (SSSR count). The zero-order valence-corrected chi connectivity index (χ0v) is 13.3. The first-order valence-electron chi connectivity index (χ1n) is 6.32. The number of ether oxygens (including phenoxy) is 1. The van der Waals surface area contributed by atoms with Crippen LogP contribution in [0.25, 0.3) is 0 Å². The number of hydrogen-bond acceptors (Lipinski definition) is 4. The third-order valence-electron chi connectivity index (χ3n) is 3.09. The molecule has 0 saturated heterocycles. The Balaban J connectivity index is 2.14. The Bertz CT molecular complexity index is 674. The van der Waals surface area contributed by atoms with Gasteiger partial charge in [0.15, 0.2) is 5.75 Å². The Morgan fingerprint density at radius 1 is 1.29 bits per heavy atom. The maximum Gasteiger partial charge on any atom is 0.311 e. The molecule has 0 atom stereocenters. The molecule has 0 saturated carbocycles. The fourth-order valence-electron chi connectivity index (χ4n) is 1.95. The second kappa shape index (κ2) is 6.58. The monoisotopic (exact) mass is 350 g/mol. The van der Waals surface area contributed by atoms with E-state index in [0.29, 0.717) is 6.54 Å². The zero-order chi connectivity index (χ0) is 15.4. The minimum atomic E-state index is -0.438. The molecule has 0 heterocycles. The van der Waals surface area contributed by atoms with E-state index < -0.39 is 4.92 Å². The predicted octanol–water partition coefficient (Wildman–Crippen LogP) is 4.29. The lowest BCUT2D eigenvalue weighted by Gasteiger charge is -2.09. The fraction of sp³-hybridized carbons (Fsp3) is 0.200. The second-order valence-electron chi connectivity index (χ2n) is 4.58. The number of methoxy groups -OCH3 is 1. The van der Waals surface area contributed by atoms with Crippen molar-refractivity contribution in [2.45, 2.75) is 13.5 Å². The zero-order valence-electron chi connectivity index (χ0n) is 11.7. The van der Waals surface area contributed by atoms with Crippen LogP contribution in [-0.2, 0) is 6.54 Å². The molecule has 2 aromatic rings. The molecule has 0 amide bonds. The van der Waals surface area contributed by atoms with Gasteiger partial charge in [0.1, 0.15) is 0 Å². The molecule has 0 unspecified atom stereocenters. The molecule has 0 aliphatic rings. The molecule has 5 nitrogen and oxygen atoms in total. The van der Waals surface area contributed by atoms with Crippen LogP contribution in [0, 0.1) is 17.0 Å². The molecule has 0 spiro atoms. The van der Waals surface area contributed by atoms with Crippen molar-refractivity contribution in [1.29, 1.82) is 0 Å². The molecular formula is C15H15BrN2O3. The van der Waals surface area contributed by atoms with E-state index in [2.05, 4.69) is 21.2 Å². The molecule has 0 aliphatic heterocycles. The normalized spacial score (nSPS) is 10.2. The van der Waals surface area contributed by atoms with E-state index in [1.54, 1.807) is 6.07 Å². The smallest absolute Gasteiger partial charge is 0.311 e. The van der Waals surface area contributed by atoms with Crippen LogP contribution in [0.4, 0.5) is 11.4 Å². The Morgan fingerprint density at radius 3 is 2.67 bits per heavy atom. The lowest BCUT2D eigenvalue weighted by Crippen LogP contribution is -2.01. The Hall–Kier alpha value is -2.08. The van der Waals surface area contributed by atoms with Gasteiger partial charge >= 0.3 is 5.69 Å². The van der Waals surface area contributed by atoms with Crippen LogP contribution in [0.3, 0.4) is 0 Å². The standard InChI is InChI=1S/C15H15BrN2O3/c1-10-7-12(4-5-13(10)16)17-9-11-3-6-15(21-2)14(8-11)18(19)20/h3-8,17H,9H2,1-2H3. The minimum absolute atomic E-state index is 0.0243. The Labute approximate surface area is 131 Å². The molecule has 0 aliphatic carbocycles. The minimum Gasteiger partial charge on any atom is -0.490 e. The maximum atomic E-state index is 11.0. The van der Waals surface area contributed by atoms with E-state index in [4.69, 9.17) is 4.74 Å². The summed E-state index contributed by atoms with van der Waals surface area (Å²) in [4.78, 5) is 10.6. The molecule has 0 radical (unpaired) electrons. The van der Waals surface area contributed by atoms with E-state index >= 15 is 0 Å². The van der Waals surface area contributed by atoms with E-state index in [9.17, 15) is 10.1 Å². The predicted molar refractivity (Wildman–Crippen MR) is 85.9 cm³/mol. The third kappa shape index (κ3) is 3.72. The first-order valence-corrected chi connectivity index (χ1v) is 7.12. The lowest BCUT2D eigenvalue weighted by molar-refractivity contribution is -0.385. The van der Waals surface area contributed by atoms with Gasteiger partial charge in [0, 0.05) is 22.8 Å². The molecule has 110 valence electrons. The van der Waals surface area contributed by atoms with Gasteiger partial charge in [-0.25, -0.2) is 0 Å². The SMILES string of the molecule is COc1ccc(CNc2ccc(Br)c(C)c2)cc1[N+](=O)[O-]. The number of hydrogen-bond donors (Lipinski definition) is 1. The van der Waals surface area contributed by atoms with Crippen molar-refractivity contribution in [3.05, 3.63) is 62.1 Å². The summed E-state index contributed by atoms with van der Waals surface area (Å²) in [6.07, 6.45) is 0. The van der Waals surface area contributed by atoms with Gasteiger partial charge in [-0.05, 0) is 42.3 Å². The van der Waals surface area contributed by atoms with Crippen LogP contribution in [-0.4, -0.2) is 12.0 Å². The van der Waals surface area contributed by atoms with E-state index in [1.165, 1.54) is 13.2 Å². The largest absolute Gasteiger partial charge is 0.490 e. The van der Waals surface area contributed by atoms with E-state index in [1.807, 2.05) is 31.2 Å². The average Bonchev–Trinajstić information content (AvgIpc) is 2.48. The van der Waals surface area contributed by atoms with Crippen LogP contribution in [0.1, 0.15) is 11.1 Å². The van der Waals surface area contributed by atoms with Crippen LogP contribution >= 0.6 is 15.9 Å². The number of nitrogens with one attached hydrogen (secondary N) is 1. The fourth-order valence-corrected chi connectivity index (χ4v) is 2.19. The van der Waals surface area contributed by atoms with Crippen molar-refractivity contribution in [2.24, 2.45) is 0 Å². The molecule has 0 bridgehead atoms. The van der Waals surface area contributed by atoms with Gasteiger partial charge < -0.3 is 10.1 Å². The summed E-state index contributed by atoms with van der Waals surface area (Å²) < 4.78 is 6.04. The van der Waals surface area contributed by atoms with Gasteiger partial charge in [-0.15, -0.1) is 0 Å². The number of rotatable bonds is 5. The summed E-state index contributed by atoms with van der Waals surface area (Å²) in [6, 6.07) is 10.9. The highest BCUT2D eigenvalue weighted by Crippen LogP contribution is 2.28. The van der Waals surface area contributed by atoms with Crippen LogP contribution in [0.2, 0.25) is 0 Å². The Morgan fingerprint density at radius 2 is 2.05 bits per heavy atom. The van der Waals surface area contributed by atoms with Crippen LogP contribution < -0.4 is 10.1 Å². The van der Waals surface area contributed by atoms with Crippen molar-refractivity contribution >= 4 is 27.3 Å². The second-order valence-corrected chi connectivity index (χ2v) is 5.44. The number of halogens is 1. The number of nitro groups is 1. The van der Waals surface area contributed by atoms with Gasteiger partial charge in [0.2, 0.25) is 0 Å². The molecule has 1 N–H and O–H groups in total. The first kappa shape index (κ1) is 15.3. The van der Waals surface area contributed by atoms with Gasteiger partial charge in [0.05, 0.1) is 12.0 Å². The number of anilines is 1. The van der Waals surface area contributed by atoms with Crippen molar-refractivity contribution in [3.63, 3.8) is 0 Å².